The third kappa shape index (κ3) is 8.94. The number of fused-ring (bicyclic) bond motifs is 2. The third-order valence-electron chi connectivity index (χ3n) is 9.45. The summed E-state index contributed by atoms with van der Waals surface area (Å²) in [5, 5.41) is 29.8. The van der Waals surface area contributed by atoms with Gasteiger partial charge in [-0.1, -0.05) is 30.4 Å². The van der Waals surface area contributed by atoms with Crippen LogP contribution in [0.4, 0.5) is 0 Å². The van der Waals surface area contributed by atoms with Gasteiger partial charge in [0.05, 0.1) is 33.5 Å². The first-order valence-electron chi connectivity index (χ1n) is 17.5. The van der Waals surface area contributed by atoms with E-state index < -0.39 is 6.10 Å². The number of methoxy groups -OCH3 is 2. The average Bonchev–Trinajstić information content (AvgIpc) is 3.11. The minimum absolute atomic E-state index is 0.0147. The molecule has 0 fully saturated rings. The minimum Gasteiger partial charge on any atom is -0.496 e. The number of aliphatic hydroxyl groups is 3. The predicted octanol–water partition coefficient (Wildman–Crippen LogP) is 8.06. The van der Waals surface area contributed by atoms with Crippen LogP contribution in [0.25, 0.3) is 12.2 Å². The van der Waals surface area contributed by atoms with Crippen molar-refractivity contribution >= 4 is 17.9 Å². The summed E-state index contributed by atoms with van der Waals surface area (Å²) in [6.45, 7) is 11.7. The molecular formula is C44H50O8. The number of aliphatic hydroxyl groups excluding tert-OH is 3. The monoisotopic (exact) mass is 706 g/mol. The minimum atomic E-state index is -0.650. The smallest absolute Gasteiger partial charge is 0.167 e. The van der Waals surface area contributed by atoms with Gasteiger partial charge in [0.25, 0.3) is 0 Å². The van der Waals surface area contributed by atoms with Crippen LogP contribution < -0.4 is 18.9 Å². The van der Waals surface area contributed by atoms with Crippen LogP contribution in [0.1, 0.15) is 94.2 Å². The second-order valence-electron chi connectivity index (χ2n) is 14.4. The molecule has 0 saturated heterocycles. The van der Waals surface area contributed by atoms with Crippen molar-refractivity contribution in [1.82, 2.24) is 0 Å². The Bertz CT molecular complexity index is 1950. The summed E-state index contributed by atoms with van der Waals surface area (Å²) in [5.74, 6) is 3.04. The van der Waals surface area contributed by atoms with E-state index in [0.717, 1.165) is 67.3 Å². The molecule has 0 saturated carbocycles. The van der Waals surface area contributed by atoms with Gasteiger partial charge in [0.15, 0.2) is 5.78 Å². The van der Waals surface area contributed by atoms with Gasteiger partial charge in [-0.05, 0) is 135 Å². The number of hydrogen-bond acceptors (Lipinski definition) is 8. The second-order valence-corrected chi connectivity index (χ2v) is 14.4. The molecule has 52 heavy (non-hydrogen) atoms. The largest absolute Gasteiger partial charge is 0.496 e. The van der Waals surface area contributed by atoms with E-state index in [1.54, 1.807) is 20.3 Å². The van der Waals surface area contributed by atoms with Gasteiger partial charge in [0, 0.05) is 29.5 Å². The van der Waals surface area contributed by atoms with E-state index >= 15 is 0 Å². The molecule has 1 unspecified atom stereocenters. The van der Waals surface area contributed by atoms with E-state index in [1.165, 1.54) is 0 Å². The Morgan fingerprint density at radius 1 is 0.712 bits per heavy atom. The number of Topliss-reactive ketones (excluding diaryl/α,β-unsaturated/α-hetero) is 1. The summed E-state index contributed by atoms with van der Waals surface area (Å²) >= 11 is 0. The number of carbonyl (C=O) groups is 1. The van der Waals surface area contributed by atoms with E-state index in [4.69, 9.17) is 18.9 Å². The van der Waals surface area contributed by atoms with Crippen LogP contribution in [0.3, 0.4) is 0 Å². The van der Waals surface area contributed by atoms with Gasteiger partial charge in [-0.2, -0.15) is 0 Å². The lowest BCUT2D eigenvalue weighted by Gasteiger charge is -2.28. The van der Waals surface area contributed by atoms with Gasteiger partial charge in [0.1, 0.15) is 34.2 Å². The molecule has 1 atom stereocenters. The normalized spacial score (nSPS) is 15.2. The highest BCUT2D eigenvalue weighted by atomic mass is 16.5. The molecule has 8 heteroatoms. The molecule has 8 nitrogen and oxygen atoms in total. The van der Waals surface area contributed by atoms with Crippen molar-refractivity contribution in [3.63, 3.8) is 0 Å². The van der Waals surface area contributed by atoms with Gasteiger partial charge in [-0.3, -0.25) is 4.79 Å². The Morgan fingerprint density at radius 2 is 1.21 bits per heavy atom. The lowest BCUT2D eigenvalue weighted by molar-refractivity contribution is 0.0992. The van der Waals surface area contributed by atoms with Crippen LogP contribution in [-0.2, 0) is 26.1 Å². The van der Waals surface area contributed by atoms with Crippen molar-refractivity contribution in [2.45, 2.75) is 84.9 Å². The third-order valence-corrected chi connectivity index (χ3v) is 9.45. The molecule has 4 aromatic rings. The van der Waals surface area contributed by atoms with Crippen molar-refractivity contribution in [2.75, 3.05) is 14.2 Å². The molecule has 0 radical (unpaired) electrons. The summed E-state index contributed by atoms with van der Waals surface area (Å²) < 4.78 is 22.6. The maximum Gasteiger partial charge on any atom is 0.167 e. The Hall–Kier alpha value is -4.89. The fraction of sp³-hybridized carbons (Fsp3) is 0.341. The van der Waals surface area contributed by atoms with Crippen molar-refractivity contribution < 1.29 is 39.1 Å². The Labute approximate surface area is 307 Å². The SMILES string of the molecule is COc1cc(CC(=O)c2ccc3c(c2)C=CC(C)(C)O3)cc(CO)c1C.COc1cc(CC(O)c2ccc3c(c2)C=CC(C)(C)O3)cc(CO)c1C. The van der Waals surface area contributed by atoms with Gasteiger partial charge in [-0.25, -0.2) is 0 Å². The first-order chi connectivity index (χ1) is 24.6. The zero-order valence-electron chi connectivity index (χ0n) is 31.4. The zero-order valence-corrected chi connectivity index (χ0v) is 31.4. The number of hydrogen-bond donors (Lipinski definition) is 3. The molecule has 4 aromatic carbocycles. The Balaban J connectivity index is 0.000000201. The Morgan fingerprint density at radius 3 is 1.75 bits per heavy atom. The number of carbonyl (C=O) groups excluding carboxylic acids is 1. The van der Waals surface area contributed by atoms with E-state index in [2.05, 4.69) is 0 Å². The van der Waals surface area contributed by atoms with Gasteiger partial charge >= 0.3 is 0 Å². The highest BCUT2D eigenvalue weighted by molar-refractivity contribution is 5.98. The summed E-state index contributed by atoms with van der Waals surface area (Å²) in [4.78, 5) is 12.7. The van der Waals surface area contributed by atoms with E-state index in [0.29, 0.717) is 17.7 Å². The molecule has 0 spiro atoms. The molecule has 2 aliphatic heterocycles. The maximum atomic E-state index is 12.7. The standard InChI is InChI=1S/C22H26O4.C22H24O4/c2*1-14-18(13-23)9-15(11-21(14)25-4)10-19(24)16-5-6-20-17(12-16)7-8-22(2,3)26-20/h5-9,11-12,19,23-24H,10,13H2,1-4H3;5-9,11-12,23H,10,13H2,1-4H3. The second kappa shape index (κ2) is 15.8. The summed E-state index contributed by atoms with van der Waals surface area (Å²) in [7, 11) is 3.20. The average molecular weight is 707 g/mol. The summed E-state index contributed by atoms with van der Waals surface area (Å²) in [5.41, 5.74) is 7.87. The summed E-state index contributed by atoms with van der Waals surface area (Å²) in [6.07, 6.45) is 8.08. The lowest BCUT2D eigenvalue weighted by Crippen LogP contribution is -2.27. The number of benzene rings is 4. The van der Waals surface area contributed by atoms with Crippen LogP contribution in [0, 0.1) is 13.8 Å². The number of rotatable bonds is 10. The molecule has 0 bridgehead atoms. The molecule has 0 amide bonds. The fourth-order valence-electron chi connectivity index (χ4n) is 6.38. The van der Waals surface area contributed by atoms with Crippen molar-refractivity contribution in [3.05, 3.63) is 128 Å². The van der Waals surface area contributed by atoms with Crippen molar-refractivity contribution in [3.8, 4) is 23.0 Å². The Kier molecular flexibility index (Phi) is 11.6. The molecule has 0 aromatic heterocycles. The van der Waals surface area contributed by atoms with Crippen LogP contribution in [0.15, 0.2) is 72.8 Å². The predicted molar refractivity (Wildman–Crippen MR) is 204 cm³/mol. The molecule has 0 aliphatic carbocycles. The first kappa shape index (κ1) is 38.3. The van der Waals surface area contributed by atoms with Crippen LogP contribution in [-0.4, -0.2) is 46.5 Å². The topological polar surface area (TPSA) is 115 Å². The van der Waals surface area contributed by atoms with Crippen molar-refractivity contribution in [1.29, 1.82) is 0 Å². The highest BCUT2D eigenvalue weighted by Gasteiger charge is 2.24. The fourth-order valence-corrected chi connectivity index (χ4v) is 6.38. The highest BCUT2D eigenvalue weighted by Crippen LogP contribution is 2.35. The van der Waals surface area contributed by atoms with E-state index in [-0.39, 0.29) is 36.6 Å². The number of ether oxygens (including phenoxy) is 4. The van der Waals surface area contributed by atoms with Gasteiger partial charge < -0.3 is 34.3 Å². The summed E-state index contributed by atoms with van der Waals surface area (Å²) in [6, 6.07) is 18.8. The quantitative estimate of drug-likeness (QED) is 0.142. The van der Waals surface area contributed by atoms with Gasteiger partial charge in [0.2, 0.25) is 0 Å². The van der Waals surface area contributed by atoms with Crippen molar-refractivity contribution in [2.24, 2.45) is 0 Å². The molecular weight excluding hydrogens is 656 g/mol. The van der Waals surface area contributed by atoms with Gasteiger partial charge in [-0.15, -0.1) is 0 Å². The zero-order chi connectivity index (χ0) is 37.8. The lowest BCUT2D eigenvalue weighted by atomic mass is 9.95. The van der Waals surface area contributed by atoms with E-state index in [1.807, 2.05) is 120 Å². The van der Waals surface area contributed by atoms with Crippen LogP contribution in [0.2, 0.25) is 0 Å². The molecule has 2 aliphatic rings. The molecule has 6 rings (SSSR count). The van der Waals surface area contributed by atoms with Crippen LogP contribution >= 0.6 is 0 Å². The first-order valence-corrected chi connectivity index (χ1v) is 17.5. The maximum absolute atomic E-state index is 12.7. The van der Waals surface area contributed by atoms with E-state index in [9.17, 15) is 20.1 Å². The molecule has 274 valence electrons. The number of ketones is 1. The van der Waals surface area contributed by atoms with Crippen LogP contribution in [0.5, 0.6) is 23.0 Å². The molecule has 2 heterocycles. The molecule has 3 N–H and O–H groups in total.